The van der Waals surface area contributed by atoms with Gasteiger partial charge in [0.1, 0.15) is 0 Å². The molecule has 84 valence electrons. The van der Waals surface area contributed by atoms with Gasteiger partial charge in [0.25, 0.3) is 0 Å². The summed E-state index contributed by atoms with van der Waals surface area (Å²) in [5, 5.41) is 0. The molecule has 0 unspecified atom stereocenters. The fourth-order valence-electron chi connectivity index (χ4n) is 1.98. The minimum absolute atomic E-state index is 1.01. The van der Waals surface area contributed by atoms with Crippen LogP contribution in [-0.4, -0.2) is 9.97 Å². The van der Waals surface area contributed by atoms with E-state index in [-0.39, 0.29) is 0 Å². The molecule has 0 amide bonds. The van der Waals surface area contributed by atoms with Crippen molar-refractivity contribution in [3.8, 4) is 0 Å². The van der Waals surface area contributed by atoms with Crippen LogP contribution >= 0.6 is 0 Å². The van der Waals surface area contributed by atoms with Crippen molar-refractivity contribution in [3.63, 3.8) is 0 Å². The largest absolute Gasteiger partial charge is 0.249 e. The van der Waals surface area contributed by atoms with Crippen LogP contribution < -0.4 is 0 Å². The lowest BCUT2D eigenvalue weighted by Gasteiger charge is -2.09. The number of fused-ring (bicyclic) bond motifs is 1. The number of aromatic nitrogens is 2. The summed E-state index contributed by atoms with van der Waals surface area (Å²) < 4.78 is 0. The molecule has 0 aliphatic carbocycles. The zero-order chi connectivity index (χ0) is 11.7. The van der Waals surface area contributed by atoms with Gasteiger partial charge in [-0.3, -0.25) is 0 Å². The summed E-state index contributed by atoms with van der Waals surface area (Å²) in [5.41, 5.74) is 6.84. The van der Waals surface area contributed by atoms with Crippen LogP contribution in [0.15, 0.2) is 12.1 Å². The Kier molecular flexibility index (Phi) is 2.90. The molecule has 1 aromatic heterocycles. The van der Waals surface area contributed by atoms with Gasteiger partial charge in [-0.1, -0.05) is 26.0 Å². The molecule has 16 heavy (non-hydrogen) atoms. The third-order valence-electron chi connectivity index (χ3n) is 3.16. The standard InChI is InChI=1S/C14H18N2/c1-5-11-7-8-12(6-2)14-13(11)15-9(3)10(4)16-14/h7-8H,5-6H2,1-4H3. The van der Waals surface area contributed by atoms with Crippen molar-refractivity contribution < 1.29 is 0 Å². The maximum Gasteiger partial charge on any atom is 0.0924 e. The van der Waals surface area contributed by atoms with Gasteiger partial charge in [0.15, 0.2) is 0 Å². The van der Waals surface area contributed by atoms with Crippen molar-refractivity contribution in [1.29, 1.82) is 0 Å². The molecule has 0 spiro atoms. The first-order valence-corrected chi connectivity index (χ1v) is 5.93. The van der Waals surface area contributed by atoms with Crippen LogP contribution in [0.25, 0.3) is 11.0 Å². The van der Waals surface area contributed by atoms with E-state index in [9.17, 15) is 0 Å². The molecule has 0 saturated carbocycles. The van der Waals surface area contributed by atoms with Crippen molar-refractivity contribution >= 4 is 11.0 Å². The molecular weight excluding hydrogens is 196 g/mol. The second kappa shape index (κ2) is 4.20. The molecule has 2 heteroatoms. The molecule has 2 aromatic rings. The zero-order valence-corrected chi connectivity index (χ0v) is 10.5. The smallest absolute Gasteiger partial charge is 0.0924 e. The van der Waals surface area contributed by atoms with E-state index in [1.807, 2.05) is 13.8 Å². The minimum atomic E-state index is 1.01. The number of benzene rings is 1. The van der Waals surface area contributed by atoms with Gasteiger partial charge in [0.05, 0.1) is 22.4 Å². The Morgan fingerprint density at radius 3 is 1.50 bits per heavy atom. The monoisotopic (exact) mass is 214 g/mol. The molecule has 1 aromatic carbocycles. The molecule has 0 bridgehead atoms. The van der Waals surface area contributed by atoms with Gasteiger partial charge < -0.3 is 0 Å². The van der Waals surface area contributed by atoms with Crippen LogP contribution in [0.5, 0.6) is 0 Å². The predicted octanol–water partition coefficient (Wildman–Crippen LogP) is 3.37. The summed E-state index contributed by atoms with van der Waals surface area (Å²) in [7, 11) is 0. The average Bonchev–Trinajstić information content (AvgIpc) is 2.29. The van der Waals surface area contributed by atoms with E-state index in [4.69, 9.17) is 9.97 Å². The zero-order valence-electron chi connectivity index (χ0n) is 10.5. The summed E-state index contributed by atoms with van der Waals surface area (Å²) in [6.07, 6.45) is 2.02. The van der Waals surface area contributed by atoms with Crippen molar-refractivity contribution in [2.24, 2.45) is 0 Å². The van der Waals surface area contributed by atoms with Crippen molar-refractivity contribution in [2.45, 2.75) is 40.5 Å². The Morgan fingerprint density at radius 2 is 1.19 bits per heavy atom. The summed E-state index contributed by atoms with van der Waals surface area (Å²) in [6, 6.07) is 4.37. The first-order chi connectivity index (χ1) is 7.67. The lowest BCUT2D eigenvalue weighted by molar-refractivity contribution is 1.05. The van der Waals surface area contributed by atoms with Gasteiger partial charge in [-0.15, -0.1) is 0 Å². The molecule has 0 saturated heterocycles. The maximum absolute atomic E-state index is 4.69. The second-order valence-corrected chi connectivity index (χ2v) is 4.18. The Hall–Kier alpha value is -1.44. The van der Waals surface area contributed by atoms with Crippen molar-refractivity contribution in [2.75, 3.05) is 0 Å². The van der Waals surface area contributed by atoms with E-state index in [2.05, 4.69) is 26.0 Å². The SMILES string of the molecule is CCc1ccc(CC)c2nc(C)c(C)nc12. The van der Waals surface area contributed by atoms with Crippen LogP contribution in [0.3, 0.4) is 0 Å². The Morgan fingerprint density at radius 1 is 0.812 bits per heavy atom. The van der Waals surface area contributed by atoms with Gasteiger partial charge in [-0.25, -0.2) is 9.97 Å². The van der Waals surface area contributed by atoms with Gasteiger partial charge in [-0.2, -0.15) is 0 Å². The van der Waals surface area contributed by atoms with E-state index >= 15 is 0 Å². The van der Waals surface area contributed by atoms with Gasteiger partial charge >= 0.3 is 0 Å². The van der Waals surface area contributed by atoms with Gasteiger partial charge in [0, 0.05) is 0 Å². The molecule has 0 fully saturated rings. The summed E-state index contributed by atoms with van der Waals surface area (Å²) in [6.45, 7) is 8.38. The summed E-state index contributed by atoms with van der Waals surface area (Å²) in [4.78, 5) is 9.38. The van der Waals surface area contributed by atoms with E-state index in [1.54, 1.807) is 0 Å². The Labute approximate surface area is 96.7 Å². The fraction of sp³-hybridized carbons (Fsp3) is 0.429. The van der Waals surface area contributed by atoms with Crippen LogP contribution in [-0.2, 0) is 12.8 Å². The predicted molar refractivity (Wildman–Crippen MR) is 67.8 cm³/mol. The van der Waals surface area contributed by atoms with Crippen LogP contribution in [0.2, 0.25) is 0 Å². The molecular formula is C14H18N2. The average molecular weight is 214 g/mol. The number of hydrogen-bond acceptors (Lipinski definition) is 2. The Bertz CT molecular complexity index is 481. The van der Waals surface area contributed by atoms with E-state index in [1.165, 1.54) is 11.1 Å². The van der Waals surface area contributed by atoms with E-state index < -0.39 is 0 Å². The number of aryl methyl sites for hydroxylation is 4. The molecule has 0 radical (unpaired) electrons. The van der Waals surface area contributed by atoms with E-state index in [0.717, 1.165) is 35.3 Å². The minimum Gasteiger partial charge on any atom is -0.249 e. The fourth-order valence-corrected chi connectivity index (χ4v) is 1.98. The van der Waals surface area contributed by atoms with Crippen LogP contribution in [0.1, 0.15) is 36.4 Å². The Balaban J connectivity index is 2.85. The number of nitrogens with zero attached hydrogens (tertiary/aromatic N) is 2. The quantitative estimate of drug-likeness (QED) is 0.766. The van der Waals surface area contributed by atoms with Crippen molar-refractivity contribution in [3.05, 3.63) is 34.6 Å². The van der Waals surface area contributed by atoms with Crippen LogP contribution in [0.4, 0.5) is 0 Å². The topological polar surface area (TPSA) is 25.8 Å². The number of rotatable bonds is 2. The molecule has 0 N–H and O–H groups in total. The highest BCUT2D eigenvalue weighted by Gasteiger charge is 2.08. The first kappa shape index (κ1) is 11.1. The van der Waals surface area contributed by atoms with Gasteiger partial charge in [0.2, 0.25) is 0 Å². The second-order valence-electron chi connectivity index (χ2n) is 4.18. The molecule has 1 heterocycles. The lowest BCUT2D eigenvalue weighted by atomic mass is 10.0. The highest BCUT2D eigenvalue weighted by Crippen LogP contribution is 2.21. The first-order valence-electron chi connectivity index (χ1n) is 5.93. The molecule has 2 nitrogen and oxygen atoms in total. The highest BCUT2D eigenvalue weighted by molar-refractivity contribution is 5.81. The third kappa shape index (κ3) is 1.69. The van der Waals surface area contributed by atoms with E-state index in [0.29, 0.717) is 0 Å². The maximum atomic E-state index is 4.69. The molecule has 0 aliphatic rings. The van der Waals surface area contributed by atoms with Crippen LogP contribution in [0, 0.1) is 13.8 Å². The third-order valence-corrected chi connectivity index (χ3v) is 3.16. The molecule has 0 aliphatic heterocycles. The molecule has 0 atom stereocenters. The summed E-state index contributed by atoms with van der Waals surface area (Å²) >= 11 is 0. The normalized spacial score (nSPS) is 11.0. The lowest BCUT2D eigenvalue weighted by Crippen LogP contribution is -1.99. The number of hydrogen-bond donors (Lipinski definition) is 0. The molecule has 2 rings (SSSR count). The highest BCUT2D eigenvalue weighted by atomic mass is 14.8. The summed E-state index contributed by atoms with van der Waals surface area (Å²) in [5.74, 6) is 0. The van der Waals surface area contributed by atoms with Crippen molar-refractivity contribution in [1.82, 2.24) is 9.97 Å². The van der Waals surface area contributed by atoms with Gasteiger partial charge in [-0.05, 0) is 37.8 Å².